The first-order chi connectivity index (χ1) is 8.41. The number of aliphatic carboxylic acids is 1. The zero-order chi connectivity index (χ0) is 13.7. The van der Waals surface area contributed by atoms with Crippen LogP contribution in [0, 0.1) is 15.9 Å². The van der Waals surface area contributed by atoms with Crippen molar-refractivity contribution in [3.63, 3.8) is 0 Å². The van der Waals surface area contributed by atoms with Gasteiger partial charge in [-0.25, -0.2) is 4.39 Å². The summed E-state index contributed by atoms with van der Waals surface area (Å²) in [5.41, 5.74) is 0.339. The van der Waals surface area contributed by atoms with Gasteiger partial charge in [-0.1, -0.05) is 12.1 Å². The third-order valence-electron chi connectivity index (χ3n) is 1.92. The molecule has 1 aromatic carbocycles. The number of carboxylic acid groups (broad SMARTS) is 1. The van der Waals surface area contributed by atoms with Gasteiger partial charge in [0.25, 0.3) is 11.7 Å². The maximum absolute atomic E-state index is 13.1. The number of hydrogen-bond acceptors (Lipinski definition) is 4. The average molecular weight is 255 g/mol. The lowest BCUT2D eigenvalue weighted by Crippen LogP contribution is -2.14. The zero-order valence-corrected chi connectivity index (χ0v) is 9.42. The standard InChI is InChI=1S/C9H6FNO3.C2H4O2/c10-8-3-1-2-6-4-7(11(12)13)5-14-9(6)8;1-2(3)4/h1-4H,5H2;1H3,(H,3,4). The number of fused-ring (bicyclic) bond motifs is 1. The van der Waals surface area contributed by atoms with E-state index in [9.17, 15) is 14.5 Å². The van der Waals surface area contributed by atoms with Gasteiger partial charge in [0.1, 0.15) is 0 Å². The highest BCUT2D eigenvalue weighted by molar-refractivity contribution is 5.63. The second kappa shape index (κ2) is 5.76. The SMILES string of the molecule is CC(=O)O.O=[N+]([O-])C1=Cc2cccc(F)c2OC1. The molecule has 0 fully saturated rings. The van der Waals surface area contributed by atoms with E-state index in [1.54, 1.807) is 6.07 Å². The smallest absolute Gasteiger partial charge is 0.300 e. The van der Waals surface area contributed by atoms with Gasteiger partial charge in [0, 0.05) is 18.6 Å². The summed E-state index contributed by atoms with van der Waals surface area (Å²) in [5.74, 6) is -1.25. The molecule has 1 aliphatic heterocycles. The predicted octanol–water partition coefficient (Wildman–Crippen LogP) is 1.93. The molecule has 6 nitrogen and oxygen atoms in total. The molecule has 0 aliphatic carbocycles. The monoisotopic (exact) mass is 255 g/mol. The minimum atomic E-state index is -0.833. The molecule has 0 amide bonds. The minimum Gasteiger partial charge on any atom is -0.481 e. The molecular weight excluding hydrogens is 245 g/mol. The molecule has 96 valence electrons. The van der Waals surface area contributed by atoms with Crippen LogP contribution in [0.25, 0.3) is 6.08 Å². The lowest BCUT2D eigenvalue weighted by Gasteiger charge is -2.13. The molecule has 0 radical (unpaired) electrons. The van der Waals surface area contributed by atoms with Gasteiger partial charge in [-0.05, 0) is 6.07 Å². The normalized spacial score (nSPS) is 12.2. The van der Waals surface area contributed by atoms with Crippen molar-refractivity contribution in [3.8, 4) is 5.75 Å². The number of nitro groups is 1. The molecule has 1 heterocycles. The van der Waals surface area contributed by atoms with Gasteiger partial charge >= 0.3 is 0 Å². The summed E-state index contributed by atoms with van der Waals surface area (Å²) >= 11 is 0. The summed E-state index contributed by atoms with van der Waals surface area (Å²) < 4.78 is 18.0. The fourth-order valence-electron chi connectivity index (χ4n) is 1.26. The maximum Gasteiger partial charge on any atom is 0.300 e. The topological polar surface area (TPSA) is 89.7 Å². The molecule has 0 saturated carbocycles. The minimum absolute atomic E-state index is 0.0666. The number of carboxylic acids is 1. The molecule has 18 heavy (non-hydrogen) atoms. The Bertz CT molecular complexity index is 508. The summed E-state index contributed by atoms with van der Waals surface area (Å²) in [7, 11) is 0. The van der Waals surface area contributed by atoms with Crippen molar-refractivity contribution in [2.75, 3.05) is 6.61 Å². The van der Waals surface area contributed by atoms with Gasteiger partial charge in [-0.15, -0.1) is 0 Å². The van der Waals surface area contributed by atoms with Crippen molar-refractivity contribution in [2.45, 2.75) is 6.92 Å². The molecule has 1 N–H and O–H groups in total. The molecule has 0 atom stereocenters. The quantitative estimate of drug-likeness (QED) is 0.611. The molecular formula is C11H10FNO5. The van der Waals surface area contributed by atoms with Crippen molar-refractivity contribution in [3.05, 3.63) is 45.4 Å². The van der Waals surface area contributed by atoms with Crippen LogP contribution >= 0.6 is 0 Å². The van der Waals surface area contributed by atoms with Gasteiger partial charge in [0.05, 0.1) is 4.92 Å². The van der Waals surface area contributed by atoms with Gasteiger partial charge in [0.2, 0.25) is 0 Å². The first-order valence-electron chi connectivity index (χ1n) is 4.87. The van der Waals surface area contributed by atoms with E-state index in [1.165, 1.54) is 18.2 Å². The predicted molar refractivity (Wildman–Crippen MR) is 60.2 cm³/mol. The number of carbonyl (C=O) groups is 1. The van der Waals surface area contributed by atoms with E-state index in [1.807, 2.05) is 0 Å². The van der Waals surface area contributed by atoms with Crippen LogP contribution in [0.2, 0.25) is 0 Å². The lowest BCUT2D eigenvalue weighted by molar-refractivity contribution is -0.427. The molecule has 0 saturated heterocycles. The summed E-state index contributed by atoms with van der Waals surface area (Å²) in [5, 5.41) is 17.8. The van der Waals surface area contributed by atoms with Crippen LogP contribution in [0.3, 0.4) is 0 Å². The van der Waals surface area contributed by atoms with Crippen molar-refractivity contribution >= 4 is 12.0 Å². The van der Waals surface area contributed by atoms with E-state index in [0.29, 0.717) is 5.56 Å². The highest BCUT2D eigenvalue weighted by Gasteiger charge is 2.21. The summed E-state index contributed by atoms with van der Waals surface area (Å²) in [6.45, 7) is 0.890. The van der Waals surface area contributed by atoms with Gasteiger partial charge < -0.3 is 9.84 Å². The van der Waals surface area contributed by atoms with Crippen LogP contribution < -0.4 is 4.74 Å². The zero-order valence-electron chi connectivity index (χ0n) is 9.42. The summed E-state index contributed by atoms with van der Waals surface area (Å²) in [4.78, 5) is 18.9. The maximum atomic E-state index is 13.1. The third-order valence-corrected chi connectivity index (χ3v) is 1.92. The van der Waals surface area contributed by atoms with Crippen molar-refractivity contribution < 1.29 is 24.0 Å². The van der Waals surface area contributed by atoms with E-state index in [-0.39, 0.29) is 18.1 Å². The van der Waals surface area contributed by atoms with Crippen LogP contribution in [-0.2, 0) is 4.79 Å². The largest absolute Gasteiger partial charge is 0.481 e. The van der Waals surface area contributed by atoms with Crippen LogP contribution in [0.4, 0.5) is 4.39 Å². The van der Waals surface area contributed by atoms with Gasteiger partial charge in [-0.3, -0.25) is 14.9 Å². The van der Waals surface area contributed by atoms with Crippen LogP contribution in [-0.4, -0.2) is 22.6 Å². The number of halogens is 1. The summed E-state index contributed by atoms with van der Waals surface area (Å²) in [6, 6.07) is 4.31. The van der Waals surface area contributed by atoms with Crippen LogP contribution in [0.1, 0.15) is 12.5 Å². The van der Waals surface area contributed by atoms with Crippen LogP contribution in [0.15, 0.2) is 23.9 Å². The Hall–Kier alpha value is -2.44. The Morgan fingerprint density at radius 3 is 2.72 bits per heavy atom. The van der Waals surface area contributed by atoms with E-state index in [4.69, 9.17) is 14.6 Å². The Labute approximate surface area is 101 Å². The Balaban J connectivity index is 0.000000357. The number of para-hydroxylation sites is 1. The second-order valence-corrected chi connectivity index (χ2v) is 3.36. The molecule has 7 heteroatoms. The Morgan fingerprint density at radius 2 is 2.17 bits per heavy atom. The van der Waals surface area contributed by atoms with Crippen LogP contribution in [0.5, 0.6) is 5.75 Å². The molecule has 0 spiro atoms. The van der Waals surface area contributed by atoms with E-state index >= 15 is 0 Å². The molecule has 2 rings (SSSR count). The highest BCUT2D eigenvalue weighted by Crippen LogP contribution is 2.28. The molecule has 0 bridgehead atoms. The first-order valence-corrected chi connectivity index (χ1v) is 4.87. The summed E-state index contributed by atoms with van der Waals surface area (Å²) in [6.07, 6.45) is 1.32. The number of hydrogen-bond donors (Lipinski definition) is 1. The molecule has 0 unspecified atom stereocenters. The van der Waals surface area contributed by atoms with Crippen molar-refractivity contribution in [1.29, 1.82) is 0 Å². The molecule has 1 aliphatic rings. The lowest BCUT2D eigenvalue weighted by atomic mass is 10.1. The Kier molecular flexibility index (Phi) is 4.36. The first kappa shape index (κ1) is 13.6. The average Bonchev–Trinajstić information content (AvgIpc) is 2.28. The van der Waals surface area contributed by atoms with Gasteiger partial charge in [-0.2, -0.15) is 0 Å². The number of nitrogens with zero attached hydrogens (tertiary/aromatic N) is 1. The van der Waals surface area contributed by atoms with Crippen molar-refractivity contribution in [1.82, 2.24) is 0 Å². The number of benzene rings is 1. The van der Waals surface area contributed by atoms with E-state index in [2.05, 4.69) is 0 Å². The molecule has 1 aromatic rings. The number of rotatable bonds is 1. The third kappa shape index (κ3) is 3.55. The van der Waals surface area contributed by atoms with Gasteiger partial charge in [0.15, 0.2) is 18.2 Å². The second-order valence-electron chi connectivity index (χ2n) is 3.36. The fraction of sp³-hybridized carbons (Fsp3) is 0.182. The Morgan fingerprint density at radius 1 is 1.56 bits per heavy atom. The molecule has 0 aromatic heterocycles. The highest BCUT2D eigenvalue weighted by atomic mass is 19.1. The number of ether oxygens (including phenoxy) is 1. The van der Waals surface area contributed by atoms with E-state index < -0.39 is 16.7 Å². The van der Waals surface area contributed by atoms with Crippen molar-refractivity contribution in [2.24, 2.45) is 0 Å². The fourth-order valence-corrected chi connectivity index (χ4v) is 1.26. The van der Waals surface area contributed by atoms with E-state index in [0.717, 1.165) is 6.92 Å².